The zero-order valence-electron chi connectivity index (χ0n) is 15.9. The monoisotopic (exact) mass is 482 g/mol. The average molecular weight is 483 g/mol. The van der Waals surface area contributed by atoms with Gasteiger partial charge in [0.1, 0.15) is 0 Å². The van der Waals surface area contributed by atoms with E-state index in [2.05, 4.69) is 20.7 Å². The number of nitrogens with one attached hydrogen (secondary N) is 1. The van der Waals surface area contributed by atoms with Crippen molar-refractivity contribution in [3.63, 3.8) is 0 Å². The Morgan fingerprint density at radius 1 is 1.11 bits per heavy atom. The molecule has 0 radical (unpaired) electrons. The van der Waals surface area contributed by atoms with E-state index in [1.807, 2.05) is 18.1 Å². The van der Waals surface area contributed by atoms with E-state index in [9.17, 15) is 13.2 Å². The van der Waals surface area contributed by atoms with Crippen molar-refractivity contribution >= 4 is 49.3 Å². The second kappa shape index (κ2) is 8.88. The maximum atomic E-state index is 13.0. The summed E-state index contributed by atoms with van der Waals surface area (Å²) >= 11 is 4.86. The van der Waals surface area contributed by atoms with Crippen LogP contribution in [-0.4, -0.2) is 38.6 Å². The minimum Gasteiger partial charge on any atom is -0.339 e. The number of carbonyl (C=O) groups excluding carboxylic acids is 1. The number of hydrogen-bond donors (Lipinski definition) is 1. The number of nitrogens with zero attached hydrogens (tertiary/aromatic N) is 1. The van der Waals surface area contributed by atoms with Crippen molar-refractivity contribution in [1.82, 2.24) is 4.90 Å². The van der Waals surface area contributed by atoms with E-state index in [1.54, 1.807) is 30.3 Å². The molecule has 1 aliphatic heterocycles. The molecule has 0 aliphatic carbocycles. The lowest BCUT2D eigenvalue weighted by molar-refractivity contribution is 0.0720. The second-order valence-electron chi connectivity index (χ2n) is 6.78. The van der Waals surface area contributed by atoms with Crippen LogP contribution in [0, 0.1) is 6.92 Å². The van der Waals surface area contributed by atoms with Crippen LogP contribution < -0.4 is 4.72 Å². The average Bonchev–Trinajstić information content (AvgIpc) is 2.70. The first-order valence-electron chi connectivity index (χ1n) is 9.08. The number of sulfonamides is 1. The van der Waals surface area contributed by atoms with Gasteiger partial charge in [0.15, 0.2) is 0 Å². The molecule has 3 rings (SSSR count). The standard InChI is InChI=1S/C20H23BrN2O3S2/c1-14-12-15(6-8-18(14)21)22-28(25,26)16-7-9-19(27-2)17(13-16)20(24)23-10-4-3-5-11-23/h6-9,12-13,22H,3-5,10-11H2,1-2H3. The first-order chi connectivity index (χ1) is 13.3. The number of benzene rings is 2. The van der Waals surface area contributed by atoms with E-state index in [4.69, 9.17) is 0 Å². The molecule has 5 nitrogen and oxygen atoms in total. The summed E-state index contributed by atoms with van der Waals surface area (Å²) in [4.78, 5) is 15.7. The summed E-state index contributed by atoms with van der Waals surface area (Å²) in [5.74, 6) is -0.0967. The number of likely N-dealkylation sites (tertiary alicyclic amines) is 1. The Kier molecular flexibility index (Phi) is 6.73. The van der Waals surface area contributed by atoms with Gasteiger partial charge < -0.3 is 4.90 Å². The highest BCUT2D eigenvalue weighted by molar-refractivity contribution is 9.10. The molecule has 28 heavy (non-hydrogen) atoms. The quantitative estimate of drug-likeness (QED) is 0.614. The number of rotatable bonds is 5. The van der Waals surface area contributed by atoms with Crippen LogP contribution in [0.2, 0.25) is 0 Å². The van der Waals surface area contributed by atoms with Gasteiger partial charge in [-0.3, -0.25) is 9.52 Å². The molecule has 1 saturated heterocycles. The number of thioether (sulfide) groups is 1. The number of amides is 1. The molecule has 0 bridgehead atoms. The molecule has 1 amide bonds. The lowest BCUT2D eigenvalue weighted by Crippen LogP contribution is -2.36. The molecule has 1 aliphatic rings. The molecule has 0 unspecified atom stereocenters. The molecule has 0 atom stereocenters. The maximum absolute atomic E-state index is 13.0. The third-order valence-corrected chi connectivity index (χ3v) is 7.83. The summed E-state index contributed by atoms with van der Waals surface area (Å²) < 4.78 is 29.3. The molecule has 1 N–H and O–H groups in total. The molecule has 2 aromatic rings. The van der Waals surface area contributed by atoms with Crippen LogP contribution in [0.3, 0.4) is 0 Å². The SMILES string of the molecule is CSc1ccc(S(=O)(=O)Nc2ccc(Br)c(C)c2)cc1C(=O)N1CCCCC1. The van der Waals surface area contributed by atoms with Crippen LogP contribution in [0.5, 0.6) is 0 Å². The van der Waals surface area contributed by atoms with Crippen molar-refractivity contribution < 1.29 is 13.2 Å². The van der Waals surface area contributed by atoms with Crippen molar-refractivity contribution in [3.8, 4) is 0 Å². The van der Waals surface area contributed by atoms with Crippen LogP contribution >= 0.6 is 27.7 Å². The van der Waals surface area contributed by atoms with Gasteiger partial charge in [0.05, 0.1) is 10.5 Å². The van der Waals surface area contributed by atoms with E-state index >= 15 is 0 Å². The van der Waals surface area contributed by atoms with Gasteiger partial charge in [-0.15, -0.1) is 11.8 Å². The second-order valence-corrected chi connectivity index (χ2v) is 10.2. The van der Waals surface area contributed by atoms with E-state index < -0.39 is 10.0 Å². The minimum absolute atomic E-state index is 0.0891. The highest BCUT2D eigenvalue weighted by Gasteiger charge is 2.24. The van der Waals surface area contributed by atoms with Gasteiger partial charge in [-0.25, -0.2) is 8.42 Å². The lowest BCUT2D eigenvalue weighted by Gasteiger charge is -2.27. The van der Waals surface area contributed by atoms with Gasteiger partial charge in [0.2, 0.25) is 0 Å². The molecule has 0 aromatic heterocycles. The third kappa shape index (κ3) is 4.72. The van der Waals surface area contributed by atoms with Gasteiger partial charge in [-0.2, -0.15) is 0 Å². The third-order valence-electron chi connectivity index (χ3n) is 4.77. The zero-order chi connectivity index (χ0) is 20.3. The van der Waals surface area contributed by atoms with Crippen molar-refractivity contribution in [1.29, 1.82) is 0 Å². The Balaban J connectivity index is 1.92. The summed E-state index contributed by atoms with van der Waals surface area (Å²) in [6, 6.07) is 10.0. The Morgan fingerprint density at radius 2 is 1.82 bits per heavy atom. The predicted molar refractivity (Wildman–Crippen MR) is 118 cm³/mol. The van der Waals surface area contributed by atoms with E-state index in [-0.39, 0.29) is 10.8 Å². The molecule has 1 heterocycles. The van der Waals surface area contributed by atoms with Crippen LogP contribution in [0.1, 0.15) is 35.2 Å². The lowest BCUT2D eigenvalue weighted by atomic mass is 10.1. The van der Waals surface area contributed by atoms with E-state index in [1.165, 1.54) is 17.8 Å². The van der Waals surface area contributed by atoms with Crippen LogP contribution in [0.4, 0.5) is 5.69 Å². The van der Waals surface area contributed by atoms with Crippen LogP contribution in [0.25, 0.3) is 0 Å². The Morgan fingerprint density at radius 3 is 2.46 bits per heavy atom. The minimum atomic E-state index is -3.80. The summed E-state index contributed by atoms with van der Waals surface area (Å²) in [6.07, 6.45) is 5.00. The van der Waals surface area contributed by atoms with Crippen molar-refractivity contribution in [2.45, 2.75) is 36.0 Å². The van der Waals surface area contributed by atoms with Crippen molar-refractivity contribution in [2.75, 3.05) is 24.1 Å². The van der Waals surface area contributed by atoms with Crippen molar-refractivity contribution in [2.24, 2.45) is 0 Å². The molecular formula is C20H23BrN2O3S2. The first-order valence-corrected chi connectivity index (χ1v) is 12.6. The Labute approximate surface area is 179 Å². The smallest absolute Gasteiger partial charge is 0.261 e. The molecular weight excluding hydrogens is 460 g/mol. The molecule has 2 aromatic carbocycles. The topological polar surface area (TPSA) is 66.5 Å². The molecule has 0 saturated carbocycles. The van der Waals surface area contributed by atoms with Gasteiger partial charge in [0, 0.05) is 28.1 Å². The molecule has 150 valence electrons. The van der Waals surface area contributed by atoms with Crippen molar-refractivity contribution in [3.05, 3.63) is 52.0 Å². The predicted octanol–water partition coefficient (Wildman–Crippen LogP) is 4.91. The van der Waals surface area contributed by atoms with Crippen LogP contribution in [-0.2, 0) is 10.0 Å². The molecule has 0 spiro atoms. The molecule has 1 fully saturated rings. The van der Waals surface area contributed by atoms with Gasteiger partial charge >= 0.3 is 0 Å². The zero-order valence-corrected chi connectivity index (χ0v) is 19.1. The Bertz CT molecular complexity index is 987. The largest absolute Gasteiger partial charge is 0.339 e. The van der Waals surface area contributed by atoms with Gasteiger partial charge in [0.25, 0.3) is 15.9 Å². The number of carbonyl (C=O) groups is 1. The highest BCUT2D eigenvalue weighted by Crippen LogP contribution is 2.28. The van der Waals surface area contributed by atoms with E-state index in [0.29, 0.717) is 11.3 Å². The van der Waals surface area contributed by atoms with Crippen LogP contribution in [0.15, 0.2) is 50.7 Å². The van der Waals surface area contributed by atoms with Gasteiger partial charge in [-0.05, 0) is 74.4 Å². The Hall–Kier alpha value is -1.51. The maximum Gasteiger partial charge on any atom is 0.261 e. The normalized spacial score (nSPS) is 14.8. The number of anilines is 1. The molecule has 8 heteroatoms. The fraction of sp³-hybridized carbons (Fsp3) is 0.350. The summed E-state index contributed by atoms with van der Waals surface area (Å²) in [5, 5.41) is 0. The van der Waals surface area contributed by atoms with Gasteiger partial charge in [-0.1, -0.05) is 15.9 Å². The van der Waals surface area contributed by atoms with E-state index in [0.717, 1.165) is 47.3 Å². The highest BCUT2D eigenvalue weighted by atomic mass is 79.9. The first kappa shape index (κ1) is 21.2. The summed E-state index contributed by atoms with van der Waals surface area (Å²) in [6.45, 7) is 3.34. The summed E-state index contributed by atoms with van der Waals surface area (Å²) in [7, 11) is -3.80. The number of halogens is 1. The number of piperidine rings is 1. The number of aryl methyl sites for hydroxylation is 1. The summed E-state index contributed by atoms with van der Waals surface area (Å²) in [5.41, 5.74) is 1.86. The fourth-order valence-corrected chi connectivity index (χ4v) is 5.10. The fourth-order valence-electron chi connectivity index (χ4n) is 3.21. The number of hydrogen-bond acceptors (Lipinski definition) is 4.